The Morgan fingerprint density at radius 3 is 1.82 bits per heavy atom. The van der Waals surface area contributed by atoms with Gasteiger partial charge in [-0.1, -0.05) is 93.9 Å². The van der Waals surface area contributed by atoms with Crippen LogP contribution < -0.4 is 4.18 Å². The van der Waals surface area contributed by atoms with E-state index in [0.717, 1.165) is 22.5 Å². The topological polar surface area (TPSA) is 80.8 Å². The first kappa shape index (κ1) is 30.1. The molecule has 0 saturated heterocycles. The molecule has 0 aromatic heterocycles. The summed E-state index contributed by atoms with van der Waals surface area (Å²) >= 11 is 0. The zero-order chi connectivity index (χ0) is 31.4. The summed E-state index contributed by atoms with van der Waals surface area (Å²) in [6, 6.07) is 23.6. The molecule has 0 atom stereocenters. The number of Topliss-reactive ketones (excluding diaryl/α,β-unsaturated/α-hetero) is 2. The largest absolute Gasteiger partial charge is 0.379 e. The molecule has 1 aliphatic heterocycles. The Balaban J connectivity index is 1.56. The number of rotatable bonds is 6. The first-order valence-electron chi connectivity index (χ1n) is 15.2. The van der Waals surface area contributed by atoms with Crippen molar-refractivity contribution in [1.82, 2.24) is 4.90 Å². The van der Waals surface area contributed by atoms with Gasteiger partial charge in [-0.05, 0) is 54.4 Å². The molecule has 0 unspecified atom stereocenters. The maximum absolute atomic E-state index is 14.2. The van der Waals surface area contributed by atoms with Crippen molar-refractivity contribution in [2.24, 2.45) is 10.8 Å². The summed E-state index contributed by atoms with van der Waals surface area (Å²) in [7, 11) is -4.18. The Bertz CT molecular complexity index is 1760. The van der Waals surface area contributed by atoms with E-state index in [9.17, 15) is 18.0 Å². The minimum absolute atomic E-state index is 0.0142. The monoisotopic (exact) mass is 609 g/mol. The lowest BCUT2D eigenvalue weighted by atomic mass is 9.63. The maximum Gasteiger partial charge on any atom is 0.339 e. The van der Waals surface area contributed by atoms with Gasteiger partial charge in [0, 0.05) is 53.4 Å². The predicted octanol–water partition coefficient (Wildman–Crippen LogP) is 7.65. The molecule has 3 aliphatic rings. The van der Waals surface area contributed by atoms with Crippen molar-refractivity contribution < 1.29 is 22.2 Å². The number of aryl methyl sites for hydroxylation is 1. The molecule has 44 heavy (non-hydrogen) atoms. The molecule has 6 rings (SSSR count). The first-order valence-corrected chi connectivity index (χ1v) is 16.6. The fourth-order valence-corrected chi connectivity index (χ4v) is 7.94. The maximum atomic E-state index is 14.2. The average molecular weight is 610 g/mol. The first-order chi connectivity index (χ1) is 20.7. The highest BCUT2D eigenvalue weighted by atomic mass is 32.2. The van der Waals surface area contributed by atoms with Crippen molar-refractivity contribution in [3.05, 3.63) is 118 Å². The Morgan fingerprint density at radius 2 is 1.25 bits per heavy atom. The molecule has 0 fully saturated rings. The molecular weight excluding hydrogens is 570 g/mol. The summed E-state index contributed by atoms with van der Waals surface area (Å²) in [6.07, 6.45) is 2.00. The van der Waals surface area contributed by atoms with Crippen molar-refractivity contribution in [2.75, 3.05) is 0 Å². The number of ketones is 2. The summed E-state index contributed by atoms with van der Waals surface area (Å²) in [5.41, 5.74) is 4.99. The fourth-order valence-electron chi connectivity index (χ4n) is 6.98. The van der Waals surface area contributed by atoms with Crippen molar-refractivity contribution in [2.45, 2.75) is 77.7 Å². The van der Waals surface area contributed by atoms with E-state index >= 15 is 0 Å². The van der Waals surface area contributed by atoms with Crippen LogP contribution in [0.5, 0.6) is 5.75 Å². The van der Waals surface area contributed by atoms with Crippen LogP contribution in [0.4, 0.5) is 0 Å². The number of carbonyl (C=O) groups is 2. The van der Waals surface area contributed by atoms with E-state index in [2.05, 4.69) is 44.7 Å². The summed E-state index contributed by atoms with van der Waals surface area (Å²) in [5.74, 6) is -0.619. The van der Waals surface area contributed by atoms with Crippen LogP contribution in [0.1, 0.15) is 76.0 Å². The molecule has 6 nitrogen and oxygen atoms in total. The molecule has 0 spiro atoms. The standard InChI is InChI=1S/C37H39NO5S/c1-24-15-17-26(18-16-24)44(41,42)43-32-14-10-9-13-27(32)33-34-28(19-36(2,3)21-30(34)39)38(23-25-11-7-6-8-12-25)29-20-37(4,5)22-31(40)35(29)33/h6-18,33H,19-23H2,1-5H3. The van der Waals surface area contributed by atoms with Gasteiger partial charge in [-0.25, -0.2) is 0 Å². The minimum atomic E-state index is -4.18. The van der Waals surface area contributed by atoms with Gasteiger partial charge in [0.15, 0.2) is 11.6 Å². The van der Waals surface area contributed by atoms with E-state index in [1.807, 2.05) is 31.2 Å². The van der Waals surface area contributed by atoms with Crippen LogP contribution in [0.2, 0.25) is 0 Å². The normalized spacial score (nSPS) is 20.0. The molecule has 0 bridgehead atoms. The number of nitrogens with zero attached hydrogens (tertiary/aromatic N) is 1. The van der Waals surface area contributed by atoms with Gasteiger partial charge in [-0.15, -0.1) is 0 Å². The van der Waals surface area contributed by atoms with Gasteiger partial charge in [-0.3, -0.25) is 9.59 Å². The SMILES string of the molecule is Cc1ccc(S(=O)(=O)Oc2ccccc2C2C3=C(CC(C)(C)CC3=O)N(Cc3ccccc3)C3=C2C(=O)CC(C)(C)C3)cc1. The third-order valence-electron chi connectivity index (χ3n) is 8.94. The Kier molecular flexibility index (Phi) is 7.44. The zero-order valence-electron chi connectivity index (χ0n) is 26.0. The van der Waals surface area contributed by atoms with Gasteiger partial charge in [0.2, 0.25) is 0 Å². The average Bonchev–Trinajstić information content (AvgIpc) is 2.93. The van der Waals surface area contributed by atoms with Crippen LogP contribution in [0.3, 0.4) is 0 Å². The third kappa shape index (κ3) is 5.65. The fraction of sp³-hybridized carbons (Fsp3) is 0.351. The van der Waals surface area contributed by atoms with Crippen LogP contribution >= 0.6 is 0 Å². The van der Waals surface area contributed by atoms with Gasteiger partial charge >= 0.3 is 10.1 Å². The van der Waals surface area contributed by atoms with E-state index in [4.69, 9.17) is 4.18 Å². The summed E-state index contributed by atoms with van der Waals surface area (Å²) in [5, 5.41) is 0. The number of hydrogen-bond acceptors (Lipinski definition) is 6. The van der Waals surface area contributed by atoms with Crippen LogP contribution in [-0.4, -0.2) is 24.9 Å². The lowest BCUT2D eigenvalue weighted by Gasteiger charge is -2.49. The van der Waals surface area contributed by atoms with Crippen LogP contribution in [0.25, 0.3) is 0 Å². The third-order valence-corrected chi connectivity index (χ3v) is 10.2. The van der Waals surface area contributed by atoms with E-state index in [-0.39, 0.29) is 33.0 Å². The number of carbonyl (C=O) groups excluding carboxylic acids is 2. The second-order valence-corrected chi connectivity index (χ2v) is 15.5. The van der Waals surface area contributed by atoms with Gasteiger partial charge in [0.1, 0.15) is 10.6 Å². The van der Waals surface area contributed by atoms with Gasteiger partial charge in [0.05, 0.1) is 0 Å². The predicted molar refractivity (Wildman–Crippen MR) is 170 cm³/mol. The molecule has 2 aliphatic carbocycles. The molecular formula is C37H39NO5S. The molecule has 0 saturated carbocycles. The minimum Gasteiger partial charge on any atom is -0.379 e. The molecule has 228 valence electrons. The highest BCUT2D eigenvalue weighted by molar-refractivity contribution is 7.87. The highest BCUT2D eigenvalue weighted by Gasteiger charge is 2.49. The molecule has 3 aromatic rings. The molecule has 0 amide bonds. The zero-order valence-corrected chi connectivity index (χ0v) is 26.8. The van der Waals surface area contributed by atoms with Crippen molar-refractivity contribution >= 4 is 21.7 Å². The highest BCUT2D eigenvalue weighted by Crippen LogP contribution is 2.55. The Morgan fingerprint density at radius 1 is 0.727 bits per heavy atom. The van der Waals surface area contributed by atoms with E-state index in [0.29, 0.717) is 48.9 Å². The van der Waals surface area contributed by atoms with Gasteiger partial charge in [-0.2, -0.15) is 8.42 Å². The van der Waals surface area contributed by atoms with Crippen molar-refractivity contribution in [1.29, 1.82) is 0 Å². The molecule has 0 N–H and O–H groups in total. The van der Waals surface area contributed by atoms with Crippen molar-refractivity contribution in [3.63, 3.8) is 0 Å². The molecule has 7 heteroatoms. The van der Waals surface area contributed by atoms with Crippen LogP contribution in [-0.2, 0) is 26.3 Å². The number of benzene rings is 3. The smallest absolute Gasteiger partial charge is 0.339 e. The summed E-state index contributed by atoms with van der Waals surface area (Å²) < 4.78 is 32.8. The molecule has 0 radical (unpaired) electrons. The van der Waals surface area contributed by atoms with Crippen molar-refractivity contribution in [3.8, 4) is 5.75 Å². The van der Waals surface area contributed by atoms with E-state index in [1.165, 1.54) is 12.1 Å². The molecule has 1 heterocycles. The van der Waals surface area contributed by atoms with E-state index in [1.54, 1.807) is 30.3 Å². The van der Waals surface area contributed by atoms with Crippen LogP contribution in [0, 0.1) is 17.8 Å². The summed E-state index contributed by atoms with van der Waals surface area (Å²) in [6.45, 7) is 10.9. The number of allylic oxidation sites excluding steroid dienone is 4. The second kappa shape index (κ2) is 10.9. The molecule has 3 aromatic carbocycles. The number of para-hydroxylation sites is 1. The Labute approximate surface area is 260 Å². The van der Waals surface area contributed by atoms with Crippen LogP contribution in [0.15, 0.2) is 106 Å². The summed E-state index contributed by atoms with van der Waals surface area (Å²) in [4.78, 5) is 30.7. The van der Waals surface area contributed by atoms with Gasteiger partial charge in [0.25, 0.3) is 0 Å². The van der Waals surface area contributed by atoms with E-state index < -0.39 is 16.0 Å². The number of hydrogen-bond donors (Lipinski definition) is 0. The lowest BCUT2D eigenvalue weighted by molar-refractivity contribution is -0.119. The van der Waals surface area contributed by atoms with Gasteiger partial charge < -0.3 is 9.08 Å². The Hall–Kier alpha value is -3.97. The second-order valence-electron chi connectivity index (χ2n) is 14.0. The lowest BCUT2D eigenvalue weighted by Crippen LogP contribution is -2.44. The quantitative estimate of drug-likeness (QED) is 0.267.